The summed E-state index contributed by atoms with van der Waals surface area (Å²) in [5, 5.41) is 4.17. The van der Waals surface area contributed by atoms with Gasteiger partial charge in [-0.25, -0.2) is 0 Å². The standard InChI is InChI=1S/C13H14BrN3O3/c1-17-13(15)7(6-16-17)10-11(18-2)8(14)5-9-12(10)20-4-3-19-9/h5-6H,3-4,15H2,1-2H3. The number of hydrogen-bond donors (Lipinski definition) is 1. The highest BCUT2D eigenvalue weighted by molar-refractivity contribution is 9.10. The van der Waals surface area contributed by atoms with Crippen LogP contribution in [0.3, 0.4) is 0 Å². The number of anilines is 1. The van der Waals surface area contributed by atoms with Crippen LogP contribution in [0.15, 0.2) is 16.7 Å². The van der Waals surface area contributed by atoms with Gasteiger partial charge in [-0.3, -0.25) is 4.68 Å². The van der Waals surface area contributed by atoms with Crippen LogP contribution in [0.1, 0.15) is 0 Å². The molecule has 2 aromatic rings. The first kappa shape index (κ1) is 13.1. The Labute approximate surface area is 124 Å². The molecule has 0 saturated heterocycles. The Morgan fingerprint density at radius 3 is 2.80 bits per heavy atom. The van der Waals surface area contributed by atoms with Crippen LogP contribution in [0.2, 0.25) is 0 Å². The molecule has 1 aromatic heterocycles. The van der Waals surface area contributed by atoms with Gasteiger partial charge in [-0.1, -0.05) is 0 Å². The van der Waals surface area contributed by atoms with E-state index in [1.54, 1.807) is 25.0 Å². The maximum Gasteiger partial charge on any atom is 0.173 e. The number of nitrogen functional groups attached to an aromatic ring is 1. The average molecular weight is 340 g/mol. The first-order chi connectivity index (χ1) is 9.63. The van der Waals surface area contributed by atoms with Crippen molar-refractivity contribution in [2.24, 2.45) is 7.05 Å². The zero-order valence-electron chi connectivity index (χ0n) is 11.1. The number of hydrogen-bond acceptors (Lipinski definition) is 5. The van der Waals surface area contributed by atoms with Gasteiger partial charge in [-0.2, -0.15) is 5.10 Å². The number of methoxy groups -OCH3 is 1. The van der Waals surface area contributed by atoms with Gasteiger partial charge < -0.3 is 19.9 Å². The molecule has 106 valence electrons. The van der Waals surface area contributed by atoms with Crippen LogP contribution in [0.25, 0.3) is 11.1 Å². The maximum absolute atomic E-state index is 6.07. The number of ether oxygens (including phenoxy) is 3. The molecule has 6 nitrogen and oxygen atoms in total. The molecular weight excluding hydrogens is 326 g/mol. The van der Waals surface area contributed by atoms with Crippen molar-refractivity contribution in [2.75, 3.05) is 26.1 Å². The normalized spacial score (nSPS) is 13.3. The maximum atomic E-state index is 6.07. The number of fused-ring (bicyclic) bond motifs is 1. The van der Waals surface area contributed by atoms with Crippen LogP contribution in [-0.2, 0) is 7.05 Å². The highest BCUT2D eigenvalue weighted by Crippen LogP contribution is 2.50. The lowest BCUT2D eigenvalue weighted by Gasteiger charge is -2.23. The topological polar surface area (TPSA) is 71.5 Å². The van der Waals surface area contributed by atoms with Crippen LogP contribution in [0.4, 0.5) is 5.82 Å². The van der Waals surface area contributed by atoms with E-state index in [2.05, 4.69) is 21.0 Å². The highest BCUT2D eigenvalue weighted by atomic mass is 79.9. The van der Waals surface area contributed by atoms with Crippen molar-refractivity contribution in [1.82, 2.24) is 9.78 Å². The van der Waals surface area contributed by atoms with E-state index in [0.717, 1.165) is 15.6 Å². The summed E-state index contributed by atoms with van der Waals surface area (Å²) in [5.41, 5.74) is 7.58. The predicted octanol–water partition coefficient (Wildman–Crippen LogP) is 2.21. The molecule has 7 heteroatoms. The zero-order chi connectivity index (χ0) is 14.3. The van der Waals surface area contributed by atoms with E-state index in [9.17, 15) is 0 Å². The van der Waals surface area contributed by atoms with Crippen LogP contribution in [0, 0.1) is 0 Å². The molecule has 0 aliphatic carbocycles. The fourth-order valence-corrected chi connectivity index (χ4v) is 2.79. The van der Waals surface area contributed by atoms with Gasteiger partial charge >= 0.3 is 0 Å². The quantitative estimate of drug-likeness (QED) is 0.908. The number of rotatable bonds is 2. The van der Waals surface area contributed by atoms with Gasteiger partial charge in [0.2, 0.25) is 0 Å². The average Bonchev–Trinajstić information content (AvgIpc) is 2.77. The van der Waals surface area contributed by atoms with E-state index in [0.29, 0.717) is 36.3 Å². The Hall–Kier alpha value is -1.89. The smallest absolute Gasteiger partial charge is 0.173 e. The summed E-state index contributed by atoms with van der Waals surface area (Å²) >= 11 is 3.49. The van der Waals surface area contributed by atoms with Crippen LogP contribution >= 0.6 is 15.9 Å². The second-order valence-electron chi connectivity index (χ2n) is 4.36. The molecule has 0 spiro atoms. The SMILES string of the molecule is COc1c(Br)cc2c(c1-c1cnn(C)c1N)OCCO2. The second kappa shape index (κ2) is 4.90. The molecule has 0 amide bonds. The number of halogens is 1. The number of aromatic nitrogens is 2. The Morgan fingerprint density at radius 2 is 2.15 bits per heavy atom. The second-order valence-corrected chi connectivity index (χ2v) is 5.21. The molecule has 0 saturated carbocycles. The van der Waals surface area contributed by atoms with Gasteiger partial charge in [-0.15, -0.1) is 0 Å². The largest absolute Gasteiger partial charge is 0.495 e. The minimum Gasteiger partial charge on any atom is -0.495 e. The highest BCUT2D eigenvalue weighted by Gasteiger charge is 2.26. The van der Waals surface area contributed by atoms with Gasteiger partial charge in [0, 0.05) is 13.1 Å². The number of nitrogens with zero attached hydrogens (tertiary/aromatic N) is 2. The summed E-state index contributed by atoms with van der Waals surface area (Å²) in [6, 6.07) is 1.84. The molecule has 1 aliphatic rings. The molecule has 0 radical (unpaired) electrons. The monoisotopic (exact) mass is 339 g/mol. The van der Waals surface area contributed by atoms with Crippen molar-refractivity contribution in [2.45, 2.75) is 0 Å². The van der Waals surface area contributed by atoms with Gasteiger partial charge in [0.15, 0.2) is 11.5 Å². The first-order valence-corrected chi connectivity index (χ1v) is 6.86. The van der Waals surface area contributed by atoms with Crippen molar-refractivity contribution in [3.05, 3.63) is 16.7 Å². The van der Waals surface area contributed by atoms with E-state index < -0.39 is 0 Å². The number of nitrogens with two attached hydrogens (primary N) is 1. The fourth-order valence-electron chi connectivity index (χ4n) is 2.22. The molecule has 0 bridgehead atoms. The van der Waals surface area contributed by atoms with E-state index in [1.165, 1.54) is 0 Å². The van der Waals surface area contributed by atoms with Gasteiger partial charge in [0.05, 0.1) is 28.9 Å². The lowest BCUT2D eigenvalue weighted by molar-refractivity contribution is 0.171. The predicted molar refractivity (Wildman–Crippen MR) is 78.3 cm³/mol. The van der Waals surface area contributed by atoms with E-state index in [-0.39, 0.29) is 0 Å². The van der Waals surface area contributed by atoms with Crippen molar-refractivity contribution in [3.8, 4) is 28.4 Å². The number of aryl methyl sites for hydroxylation is 1. The van der Waals surface area contributed by atoms with E-state index in [4.69, 9.17) is 19.9 Å². The fraction of sp³-hybridized carbons (Fsp3) is 0.308. The summed E-state index contributed by atoms with van der Waals surface area (Å²) in [7, 11) is 3.39. The Balaban J connectivity index is 2.32. The van der Waals surface area contributed by atoms with Gasteiger partial charge in [0.1, 0.15) is 24.8 Å². The first-order valence-electron chi connectivity index (χ1n) is 6.07. The van der Waals surface area contributed by atoms with Crippen LogP contribution in [-0.4, -0.2) is 30.1 Å². The van der Waals surface area contributed by atoms with Crippen molar-refractivity contribution >= 4 is 21.7 Å². The van der Waals surface area contributed by atoms with Crippen LogP contribution in [0.5, 0.6) is 17.2 Å². The van der Waals surface area contributed by atoms with E-state index in [1.807, 2.05) is 6.07 Å². The molecule has 20 heavy (non-hydrogen) atoms. The minimum atomic E-state index is 0.491. The van der Waals surface area contributed by atoms with Gasteiger partial charge in [0.25, 0.3) is 0 Å². The summed E-state index contributed by atoms with van der Waals surface area (Å²) < 4.78 is 19.3. The molecule has 1 aliphatic heterocycles. The molecule has 0 atom stereocenters. The molecule has 3 rings (SSSR count). The lowest BCUT2D eigenvalue weighted by atomic mass is 10.0. The van der Waals surface area contributed by atoms with E-state index >= 15 is 0 Å². The third-order valence-corrected chi connectivity index (χ3v) is 3.79. The van der Waals surface area contributed by atoms with Crippen LogP contribution < -0.4 is 19.9 Å². The van der Waals surface area contributed by atoms with Gasteiger partial charge in [-0.05, 0) is 15.9 Å². The molecule has 2 N–H and O–H groups in total. The van der Waals surface area contributed by atoms with Crippen molar-refractivity contribution in [1.29, 1.82) is 0 Å². The summed E-state index contributed by atoms with van der Waals surface area (Å²) in [4.78, 5) is 0. The molecular formula is C13H14BrN3O3. The molecule has 1 aromatic carbocycles. The minimum absolute atomic E-state index is 0.491. The molecule has 0 fully saturated rings. The summed E-state index contributed by atoms with van der Waals surface area (Å²) in [5.74, 6) is 2.49. The Bertz CT molecular complexity index is 669. The Morgan fingerprint density at radius 1 is 1.40 bits per heavy atom. The zero-order valence-corrected chi connectivity index (χ0v) is 12.7. The summed E-state index contributed by atoms with van der Waals surface area (Å²) in [6.45, 7) is 1.01. The molecule has 0 unspecified atom stereocenters. The third-order valence-electron chi connectivity index (χ3n) is 3.20. The lowest BCUT2D eigenvalue weighted by Crippen LogP contribution is -2.16. The Kier molecular flexibility index (Phi) is 3.21. The third kappa shape index (κ3) is 1.89. The van der Waals surface area contributed by atoms with Crippen molar-refractivity contribution in [3.63, 3.8) is 0 Å². The number of benzene rings is 1. The molecule has 2 heterocycles. The summed E-state index contributed by atoms with van der Waals surface area (Å²) in [6.07, 6.45) is 1.69. The van der Waals surface area contributed by atoms with Crippen molar-refractivity contribution < 1.29 is 14.2 Å².